The fraction of sp³-hybridized carbons (Fsp3) is 0.885. The first-order valence-electron chi connectivity index (χ1n) is 42.0. The molecule has 0 aromatic rings. The summed E-state index contributed by atoms with van der Waals surface area (Å²) in [5.74, 6) is 1.85. The van der Waals surface area contributed by atoms with Gasteiger partial charge in [-0.1, -0.05) is 290 Å². The second kappa shape index (κ2) is 73.0. The van der Waals surface area contributed by atoms with Crippen LogP contribution in [0.3, 0.4) is 0 Å². The van der Waals surface area contributed by atoms with Crippen LogP contribution in [0.2, 0.25) is 0 Å². The van der Waals surface area contributed by atoms with Crippen molar-refractivity contribution in [2.45, 2.75) is 376 Å². The van der Waals surface area contributed by atoms with Crippen molar-refractivity contribution in [3.63, 3.8) is 0 Å². The highest BCUT2D eigenvalue weighted by molar-refractivity contribution is 5.72. The Balaban J connectivity index is 4.18. The molecule has 5 atom stereocenters. The highest BCUT2D eigenvalue weighted by Crippen LogP contribution is 2.24. The molecular formula is C87H168N4O4. The van der Waals surface area contributed by atoms with Crippen LogP contribution in [0.5, 0.6) is 0 Å². The molecule has 0 N–H and O–H groups in total. The Kier molecular flexibility index (Phi) is 71.2. The van der Waals surface area contributed by atoms with Crippen molar-refractivity contribution < 1.29 is 19.1 Å². The molecule has 560 valence electrons. The Labute approximate surface area is 595 Å². The zero-order chi connectivity index (χ0) is 69.6. The number of carbonyl (C=O) groups is 2. The fourth-order valence-electron chi connectivity index (χ4n) is 13.4. The van der Waals surface area contributed by atoms with Crippen molar-refractivity contribution in [2.24, 2.45) is 29.6 Å². The fourth-order valence-corrected chi connectivity index (χ4v) is 13.4. The molecule has 0 aromatic carbocycles. The van der Waals surface area contributed by atoms with Gasteiger partial charge in [-0.3, -0.25) is 9.59 Å². The summed E-state index contributed by atoms with van der Waals surface area (Å²) >= 11 is 0. The van der Waals surface area contributed by atoms with Gasteiger partial charge < -0.3 is 29.1 Å². The van der Waals surface area contributed by atoms with Crippen LogP contribution < -0.4 is 0 Å². The third kappa shape index (κ3) is 68.6. The molecule has 5 unspecified atom stereocenters. The van der Waals surface area contributed by atoms with Crippen LogP contribution in [0, 0.1) is 29.6 Å². The number of carbonyl (C=O) groups excluding carboxylic acids is 2. The van der Waals surface area contributed by atoms with Crippen LogP contribution in [0.4, 0.5) is 0 Å². The van der Waals surface area contributed by atoms with Crippen LogP contribution in [0.1, 0.15) is 376 Å². The topological polar surface area (TPSA) is 65.6 Å². The van der Waals surface area contributed by atoms with E-state index >= 15 is 0 Å². The molecule has 0 fully saturated rings. The van der Waals surface area contributed by atoms with Gasteiger partial charge in [-0.05, 0) is 233 Å². The van der Waals surface area contributed by atoms with Crippen molar-refractivity contribution in [1.82, 2.24) is 19.6 Å². The highest BCUT2D eigenvalue weighted by atomic mass is 16.5. The van der Waals surface area contributed by atoms with Crippen LogP contribution in [0.15, 0.2) is 48.6 Å². The Morgan fingerprint density at radius 1 is 0.284 bits per heavy atom. The van der Waals surface area contributed by atoms with E-state index < -0.39 is 0 Å². The smallest absolute Gasteiger partial charge is 0.308 e. The normalized spacial score (nSPS) is 14.0. The van der Waals surface area contributed by atoms with Crippen LogP contribution >= 0.6 is 0 Å². The van der Waals surface area contributed by atoms with E-state index in [1.165, 1.54) is 335 Å². The molecule has 0 bridgehead atoms. The number of allylic oxidation sites excluding steroid dienone is 8. The molecule has 0 heterocycles. The summed E-state index contributed by atoms with van der Waals surface area (Å²) in [6.07, 6.45) is 83.8. The van der Waals surface area contributed by atoms with Gasteiger partial charge in [-0.2, -0.15) is 0 Å². The second-order valence-electron chi connectivity index (χ2n) is 30.8. The van der Waals surface area contributed by atoms with E-state index in [0.717, 1.165) is 50.9 Å². The minimum atomic E-state index is 0.00167. The zero-order valence-electron chi connectivity index (χ0n) is 66.1. The number of ether oxygens (including phenoxy) is 2. The Morgan fingerprint density at radius 3 is 0.989 bits per heavy atom. The number of unbranched alkanes of at least 4 members (excludes halogenated alkanes) is 31. The lowest BCUT2D eigenvalue weighted by Gasteiger charge is -2.23. The lowest BCUT2D eigenvalue weighted by atomic mass is 9.92. The minimum absolute atomic E-state index is 0.00167. The third-order valence-electron chi connectivity index (χ3n) is 20.2. The average molecular weight is 1330 g/mol. The molecule has 0 aromatic heterocycles. The number of hydrogen-bond acceptors (Lipinski definition) is 8. The van der Waals surface area contributed by atoms with Crippen LogP contribution in [-0.4, -0.2) is 125 Å². The summed E-state index contributed by atoms with van der Waals surface area (Å²) in [5.41, 5.74) is 0. The van der Waals surface area contributed by atoms with Gasteiger partial charge in [0.1, 0.15) is 0 Å². The minimum Gasteiger partial charge on any atom is -0.465 e. The van der Waals surface area contributed by atoms with Crippen LogP contribution in [-0.2, 0) is 19.1 Å². The van der Waals surface area contributed by atoms with Gasteiger partial charge in [-0.15, -0.1) is 0 Å². The molecule has 0 aliphatic carbocycles. The van der Waals surface area contributed by atoms with Gasteiger partial charge in [0.2, 0.25) is 0 Å². The Morgan fingerprint density at radius 2 is 0.568 bits per heavy atom. The lowest BCUT2D eigenvalue weighted by molar-refractivity contribution is -0.150. The number of rotatable bonds is 75. The number of esters is 2. The van der Waals surface area contributed by atoms with Gasteiger partial charge in [0.15, 0.2) is 0 Å². The molecule has 0 spiro atoms. The molecule has 0 aliphatic heterocycles. The van der Waals surface area contributed by atoms with Gasteiger partial charge in [-0.25, -0.2) is 0 Å². The van der Waals surface area contributed by atoms with Crippen molar-refractivity contribution in [1.29, 1.82) is 0 Å². The van der Waals surface area contributed by atoms with E-state index in [1.54, 1.807) is 0 Å². The molecule has 0 amide bonds. The monoisotopic (exact) mass is 1330 g/mol. The Hall–Kier alpha value is -2.26. The molecule has 8 nitrogen and oxygen atoms in total. The standard InChI is InChI=1S/C87H168N4O4/c1-12-15-18-19-20-21-22-23-24-26-29-32-35-40-48-59-74-91(78-63-72-89(10)11)76-61-50-43-39-46-55-68-84(7)87(93)95-80-85(69-52-17-14-3)70-57-56-65-81(4)64-53-44-37-34-31-28-25-27-30-33-36-41-47-58-73-90(77-62-71-88(8)9)75-60-49-42-38-45-54-66-82(5)79-94-86(92)83(6)67-51-16-13-2/h20-21,23-25,28,34,37,81-85H,12-19,22,26-27,29-33,35-36,38-80H2,1-11H3/b21-20-,24-23-,28-25-,37-34-. The van der Waals surface area contributed by atoms with E-state index in [0.29, 0.717) is 25.0 Å². The largest absolute Gasteiger partial charge is 0.465 e. The average Bonchev–Trinajstić information content (AvgIpc) is 3.72. The van der Waals surface area contributed by atoms with E-state index in [-0.39, 0.29) is 23.8 Å². The summed E-state index contributed by atoms with van der Waals surface area (Å²) in [6, 6.07) is 0. The molecule has 0 saturated heterocycles. The maximum absolute atomic E-state index is 13.2. The molecule has 95 heavy (non-hydrogen) atoms. The molecule has 0 saturated carbocycles. The number of hydrogen-bond donors (Lipinski definition) is 0. The predicted molar refractivity (Wildman–Crippen MR) is 421 cm³/mol. The van der Waals surface area contributed by atoms with E-state index in [4.69, 9.17) is 9.47 Å². The summed E-state index contributed by atoms with van der Waals surface area (Å²) in [7, 11) is 8.80. The van der Waals surface area contributed by atoms with E-state index in [1.807, 2.05) is 6.92 Å². The predicted octanol–water partition coefficient (Wildman–Crippen LogP) is 25.1. The van der Waals surface area contributed by atoms with Crippen molar-refractivity contribution >= 4 is 11.9 Å². The van der Waals surface area contributed by atoms with Crippen molar-refractivity contribution in [2.75, 3.05) is 93.8 Å². The van der Waals surface area contributed by atoms with Crippen LogP contribution in [0.25, 0.3) is 0 Å². The molecule has 0 aliphatic rings. The molecule has 8 heteroatoms. The Bertz CT molecular complexity index is 1710. The van der Waals surface area contributed by atoms with Gasteiger partial charge in [0.25, 0.3) is 0 Å². The van der Waals surface area contributed by atoms with Gasteiger partial charge in [0, 0.05) is 0 Å². The van der Waals surface area contributed by atoms with Gasteiger partial charge in [0.05, 0.1) is 25.0 Å². The zero-order valence-corrected chi connectivity index (χ0v) is 66.1. The lowest BCUT2D eigenvalue weighted by Crippen LogP contribution is -2.29. The molecule has 0 radical (unpaired) electrons. The molecular weight excluding hydrogens is 1160 g/mol. The maximum atomic E-state index is 13.2. The number of nitrogens with zero attached hydrogens (tertiary/aromatic N) is 4. The quantitative estimate of drug-likeness (QED) is 0.0339. The van der Waals surface area contributed by atoms with Crippen molar-refractivity contribution in [3.8, 4) is 0 Å². The summed E-state index contributed by atoms with van der Waals surface area (Å²) in [4.78, 5) is 35.7. The van der Waals surface area contributed by atoms with E-state index in [9.17, 15) is 9.59 Å². The maximum Gasteiger partial charge on any atom is 0.308 e. The first-order chi connectivity index (χ1) is 46.3. The summed E-state index contributed by atoms with van der Waals surface area (Å²) in [5, 5.41) is 0. The van der Waals surface area contributed by atoms with Gasteiger partial charge >= 0.3 is 11.9 Å². The first kappa shape index (κ1) is 92.7. The second-order valence-corrected chi connectivity index (χ2v) is 30.8. The van der Waals surface area contributed by atoms with E-state index in [2.05, 4.69) is 138 Å². The SMILES string of the molecule is CCCCC/C=C\C/C=C\CCCCCCCCN(CCCCCCCCC(C)C(=O)OCC(CCCCC)CCCCC(C)CCC/C=C\C/C=C\CCCCCCCCN(CCCCCCCCC(C)COC(=O)C(C)CCCCC)CCCN(C)C)CCCN(C)C. The molecule has 0 rings (SSSR count). The third-order valence-corrected chi connectivity index (χ3v) is 20.2. The summed E-state index contributed by atoms with van der Waals surface area (Å²) in [6.45, 7) is 26.7. The first-order valence-corrected chi connectivity index (χ1v) is 42.0. The highest BCUT2D eigenvalue weighted by Gasteiger charge is 2.19. The summed E-state index contributed by atoms with van der Waals surface area (Å²) < 4.78 is 11.7. The van der Waals surface area contributed by atoms with Crippen molar-refractivity contribution in [3.05, 3.63) is 48.6 Å².